The highest BCUT2D eigenvalue weighted by Crippen LogP contribution is 2.14. The Balaban J connectivity index is 2.10. The number of hydrogen-bond donors (Lipinski definition) is 2. The Morgan fingerprint density at radius 3 is 2.61 bits per heavy atom. The maximum absolute atomic E-state index is 5.99. The number of nitrogens with one attached hydrogen (secondary N) is 1. The van der Waals surface area contributed by atoms with E-state index in [-0.39, 0.29) is 0 Å². The molecule has 3 N–H and O–H groups in total. The van der Waals surface area contributed by atoms with Gasteiger partial charge in [0.2, 0.25) is 0 Å². The van der Waals surface area contributed by atoms with E-state index in [1.54, 1.807) is 7.11 Å². The Hall–Kier alpha value is 0.0169. The third kappa shape index (κ3) is 6.26. The van der Waals surface area contributed by atoms with Crippen LogP contribution < -0.4 is 11.1 Å². The predicted octanol–water partition coefficient (Wildman–Crippen LogP) is 0.366. The smallest absolute Gasteiger partial charge is 0.334 e. The molecule has 0 aromatic rings. The second-order valence-corrected chi connectivity index (χ2v) is 8.49. The normalized spacial score (nSPS) is 20.8. The molecule has 1 heterocycles. The number of piperazine rings is 1. The first-order chi connectivity index (χ1) is 8.70. The average Bonchev–Trinajstić information content (AvgIpc) is 2.43. The Labute approximate surface area is 112 Å². The third-order valence-electron chi connectivity index (χ3n) is 3.50. The molecule has 1 unspecified atom stereocenters. The van der Waals surface area contributed by atoms with Crippen molar-refractivity contribution in [2.75, 3.05) is 53.0 Å². The van der Waals surface area contributed by atoms with Crippen molar-refractivity contribution < 1.29 is 8.85 Å². The molecular weight excluding hydrogens is 246 g/mol. The summed E-state index contributed by atoms with van der Waals surface area (Å²) in [6.45, 7) is 9.34. The summed E-state index contributed by atoms with van der Waals surface area (Å²) in [5.74, 6) is 0. The largest absolute Gasteiger partial charge is 0.398 e. The van der Waals surface area contributed by atoms with Gasteiger partial charge < -0.3 is 24.8 Å². The van der Waals surface area contributed by atoms with Crippen LogP contribution in [-0.2, 0) is 8.85 Å². The summed E-state index contributed by atoms with van der Waals surface area (Å²) in [6, 6.07) is 0.994. The van der Waals surface area contributed by atoms with E-state index in [1.807, 2.05) is 0 Å². The van der Waals surface area contributed by atoms with Gasteiger partial charge in [-0.3, -0.25) is 0 Å². The molecule has 18 heavy (non-hydrogen) atoms. The summed E-state index contributed by atoms with van der Waals surface area (Å²) in [5, 5.41) is 3.36. The molecule has 0 spiro atoms. The van der Waals surface area contributed by atoms with Crippen LogP contribution in [0.4, 0.5) is 0 Å². The van der Waals surface area contributed by atoms with Crippen LogP contribution in [0.1, 0.15) is 12.8 Å². The molecule has 0 aliphatic carbocycles. The summed E-state index contributed by atoms with van der Waals surface area (Å²) in [7, 11) is -0.179. The third-order valence-corrected chi connectivity index (χ3v) is 6.44. The second-order valence-electron chi connectivity index (χ2n) is 5.02. The van der Waals surface area contributed by atoms with Gasteiger partial charge in [-0.25, -0.2) is 0 Å². The van der Waals surface area contributed by atoms with Gasteiger partial charge in [0.1, 0.15) is 0 Å². The van der Waals surface area contributed by atoms with Gasteiger partial charge in [0.25, 0.3) is 0 Å². The van der Waals surface area contributed by atoms with E-state index in [9.17, 15) is 0 Å². The lowest BCUT2D eigenvalue weighted by molar-refractivity contribution is 0.176. The maximum Gasteiger partial charge on any atom is 0.334 e. The summed E-state index contributed by atoms with van der Waals surface area (Å²) in [6.07, 6.45) is 2.09. The van der Waals surface area contributed by atoms with Gasteiger partial charge in [-0.1, -0.05) is 0 Å². The molecule has 0 amide bonds. The minimum absolute atomic E-state index is 0.718. The number of nitrogens with two attached hydrogens (primary N) is 1. The first-order valence-electron chi connectivity index (χ1n) is 7.02. The molecule has 1 fully saturated rings. The molecule has 0 saturated carbocycles. The minimum atomic E-state index is -1.94. The van der Waals surface area contributed by atoms with Crippen LogP contribution in [0, 0.1) is 0 Å². The lowest BCUT2D eigenvalue weighted by Gasteiger charge is -2.28. The van der Waals surface area contributed by atoms with Crippen LogP contribution in [0.2, 0.25) is 12.6 Å². The first kappa shape index (κ1) is 16.1. The average molecular weight is 275 g/mol. The highest BCUT2D eigenvalue weighted by Gasteiger charge is 2.29. The molecule has 0 bridgehead atoms. The van der Waals surface area contributed by atoms with Crippen LogP contribution >= 0.6 is 0 Å². The summed E-state index contributed by atoms with van der Waals surface area (Å²) in [4.78, 5) is 2.49. The first-order valence-corrected chi connectivity index (χ1v) is 9.55. The zero-order chi connectivity index (χ0) is 13.3. The van der Waals surface area contributed by atoms with Gasteiger partial charge in [0, 0.05) is 46.4 Å². The number of rotatable bonds is 9. The molecule has 0 aromatic carbocycles. The highest BCUT2D eigenvalue weighted by atomic mass is 28.4. The van der Waals surface area contributed by atoms with Crippen LogP contribution in [0.5, 0.6) is 0 Å². The van der Waals surface area contributed by atoms with Crippen molar-refractivity contribution in [1.29, 1.82) is 0 Å². The topological polar surface area (TPSA) is 59.8 Å². The molecule has 1 aliphatic heterocycles. The highest BCUT2D eigenvalue weighted by molar-refractivity contribution is 6.65. The predicted molar refractivity (Wildman–Crippen MR) is 77.0 cm³/mol. The zero-order valence-electron chi connectivity index (χ0n) is 11.9. The van der Waals surface area contributed by atoms with Gasteiger partial charge in [0.15, 0.2) is 0 Å². The van der Waals surface area contributed by atoms with E-state index in [2.05, 4.69) is 16.8 Å². The van der Waals surface area contributed by atoms with Gasteiger partial charge in [-0.05, 0) is 32.0 Å². The molecule has 6 heteroatoms. The van der Waals surface area contributed by atoms with E-state index in [4.69, 9.17) is 14.6 Å². The van der Waals surface area contributed by atoms with Gasteiger partial charge in [-0.2, -0.15) is 0 Å². The monoisotopic (exact) mass is 275 g/mol. The van der Waals surface area contributed by atoms with Crippen molar-refractivity contribution in [2.24, 2.45) is 5.73 Å². The quantitative estimate of drug-likeness (QED) is 0.470. The fourth-order valence-electron chi connectivity index (χ4n) is 2.17. The fourth-order valence-corrected chi connectivity index (χ4v) is 4.06. The fraction of sp³-hybridized carbons (Fsp3) is 1.00. The lowest BCUT2D eigenvalue weighted by Crippen LogP contribution is -2.44. The molecule has 1 aliphatic rings. The van der Waals surface area contributed by atoms with Gasteiger partial charge in [-0.15, -0.1) is 0 Å². The summed E-state index contributed by atoms with van der Waals surface area (Å²) >= 11 is 0. The van der Waals surface area contributed by atoms with E-state index >= 15 is 0 Å². The molecule has 5 nitrogen and oxygen atoms in total. The van der Waals surface area contributed by atoms with Gasteiger partial charge >= 0.3 is 8.56 Å². The van der Waals surface area contributed by atoms with E-state index in [1.165, 1.54) is 0 Å². The molecule has 1 rings (SSSR count). The number of nitrogens with zero attached hydrogens (tertiary/aromatic N) is 1. The van der Waals surface area contributed by atoms with Crippen molar-refractivity contribution in [2.45, 2.75) is 25.4 Å². The van der Waals surface area contributed by atoms with Crippen molar-refractivity contribution in [3.63, 3.8) is 0 Å². The van der Waals surface area contributed by atoms with E-state index in [0.717, 1.165) is 64.8 Å². The van der Waals surface area contributed by atoms with Gasteiger partial charge in [0.05, 0.1) is 0 Å². The lowest BCUT2D eigenvalue weighted by atomic mass is 10.3. The Morgan fingerprint density at radius 2 is 2.00 bits per heavy atom. The van der Waals surface area contributed by atoms with Crippen LogP contribution in [0.25, 0.3) is 0 Å². The molecule has 1 atom stereocenters. The van der Waals surface area contributed by atoms with Crippen molar-refractivity contribution in [3.8, 4) is 0 Å². The SMILES string of the molecule is CO[Si](C)(CCCN)OCCCN1CCNCC1. The molecule has 0 radical (unpaired) electrons. The van der Waals surface area contributed by atoms with Crippen molar-refractivity contribution >= 4 is 8.56 Å². The molecular formula is C12H29N3O2Si. The number of hydrogen-bond acceptors (Lipinski definition) is 5. The van der Waals surface area contributed by atoms with Crippen molar-refractivity contribution in [3.05, 3.63) is 0 Å². The van der Waals surface area contributed by atoms with Crippen LogP contribution in [0.3, 0.4) is 0 Å². The molecule has 0 aromatic heterocycles. The maximum atomic E-state index is 5.99. The van der Waals surface area contributed by atoms with Crippen LogP contribution in [0.15, 0.2) is 0 Å². The van der Waals surface area contributed by atoms with E-state index in [0.29, 0.717) is 0 Å². The zero-order valence-corrected chi connectivity index (χ0v) is 12.9. The van der Waals surface area contributed by atoms with E-state index < -0.39 is 8.56 Å². The summed E-state index contributed by atoms with van der Waals surface area (Å²) < 4.78 is 11.6. The molecule has 108 valence electrons. The standard InChI is InChI=1S/C12H29N3O2Si/c1-16-18(2,12-3-5-13)17-11-4-8-15-9-6-14-7-10-15/h14H,3-13H2,1-2H3. The second kappa shape index (κ2) is 9.01. The Kier molecular flexibility index (Phi) is 8.04. The Morgan fingerprint density at radius 1 is 1.28 bits per heavy atom. The van der Waals surface area contributed by atoms with Crippen molar-refractivity contribution in [1.82, 2.24) is 10.2 Å². The summed E-state index contributed by atoms with van der Waals surface area (Å²) in [5.41, 5.74) is 5.54. The Bertz CT molecular complexity index is 215. The molecule has 1 saturated heterocycles. The minimum Gasteiger partial charge on any atom is -0.398 e. The van der Waals surface area contributed by atoms with Crippen LogP contribution in [-0.4, -0.2) is 66.4 Å².